The molecule has 0 aliphatic heterocycles. The van der Waals surface area contributed by atoms with Crippen LogP contribution in [0.4, 0.5) is 0 Å². The number of aromatic nitrogens is 2. The van der Waals surface area contributed by atoms with E-state index in [4.69, 9.17) is 0 Å². The van der Waals surface area contributed by atoms with Gasteiger partial charge in [-0.05, 0) is 25.5 Å². The second-order valence-corrected chi connectivity index (χ2v) is 2.97. The molecule has 3 nitrogen and oxygen atoms in total. The lowest BCUT2D eigenvalue weighted by Gasteiger charge is -1.94. The minimum Gasteiger partial charge on any atom is -0.288 e. The highest BCUT2D eigenvalue weighted by Gasteiger charge is 2.07. The number of nitrogens with zero attached hydrogens (tertiary/aromatic N) is 2. The van der Waals surface area contributed by atoms with Gasteiger partial charge in [-0.2, -0.15) is 5.10 Å². The molecule has 0 amide bonds. The average Bonchev–Trinajstić information content (AvgIpc) is 2.41. The summed E-state index contributed by atoms with van der Waals surface area (Å²) in [5, 5.41) is 4.10. The van der Waals surface area contributed by atoms with Crippen molar-refractivity contribution in [1.82, 2.24) is 9.78 Å². The summed E-state index contributed by atoms with van der Waals surface area (Å²) in [6.45, 7) is 3.87. The Balaban J connectivity index is 2.88. The summed E-state index contributed by atoms with van der Waals surface area (Å²) in [4.78, 5) is 11.5. The van der Waals surface area contributed by atoms with Crippen LogP contribution in [-0.2, 0) is 7.05 Å². The smallest absolute Gasteiger partial charge is 0.203 e. The average molecular weight is 178 g/mol. The van der Waals surface area contributed by atoms with Crippen LogP contribution in [0.15, 0.2) is 18.2 Å². The first-order valence-corrected chi connectivity index (χ1v) is 4.36. The number of aryl methyl sites for hydroxylation is 2. The standard InChI is InChI=1S/C10H14N2O/c1-4-5-6-10(13)9-7-8(2)11-12(9)3/h5-7H,4H2,1-3H3/b6-5+. The lowest BCUT2D eigenvalue weighted by molar-refractivity contribution is 0.103. The highest BCUT2D eigenvalue weighted by Crippen LogP contribution is 2.03. The van der Waals surface area contributed by atoms with Gasteiger partial charge in [0, 0.05) is 7.05 Å². The van der Waals surface area contributed by atoms with E-state index in [1.165, 1.54) is 0 Å². The van der Waals surface area contributed by atoms with E-state index in [1.807, 2.05) is 19.9 Å². The Morgan fingerprint density at radius 1 is 1.69 bits per heavy atom. The van der Waals surface area contributed by atoms with Crippen molar-refractivity contribution in [3.05, 3.63) is 29.6 Å². The normalized spacial score (nSPS) is 11.0. The molecule has 0 bridgehead atoms. The Morgan fingerprint density at radius 2 is 2.38 bits per heavy atom. The fraction of sp³-hybridized carbons (Fsp3) is 0.400. The van der Waals surface area contributed by atoms with Crippen molar-refractivity contribution in [3.63, 3.8) is 0 Å². The molecule has 1 rings (SSSR count). The van der Waals surface area contributed by atoms with Gasteiger partial charge in [0.05, 0.1) is 5.69 Å². The summed E-state index contributed by atoms with van der Waals surface area (Å²) < 4.78 is 1.61. The lowest BCUT2D eigenvalue weighted by Crippen LogP contribution is -2.03. The van der Waals surface area contributed by atoms with E-state index in [2.05, 4.69) is 5.10 Å². The van der Waals surface area contributed by atoms with E-state index in [0.717, 1.165) is 12.1 Å². The molecule has 0 aliphatic rings. The Kier molecular flexibility index (Phi) is 3.01. The number of carbonyl (C=O) groups is 1. The zero-order chi connectivity index (χ0) is 9.84. The van der Waals surface area contributed by atoms with Crippen molar-refractivity contribution in [2.24, 2.45) is 7.05 Å². The van der Waals surface area contributed by atoms with E-state index >= 15 is 0 Å². The van der Waals surface area contributed by atoms with Crippen LogP contribution < -0.4 is 0 Å². The van der Waals surface area contributed by atoms with Crippen LogP contribution in [0.25, 0.3) is 0 Å². The summed E-state index contributed by atoms with van der Waals surface area (Å²) in [6.07, 6.45) is 4.32. The maximum atomic E-state index is 11.5. The summed E-state index contributed by atoms with van der Waals surface area (Å²) in [7, 11) is 1.78. The van der Waals surface area contributed by atoms with Crippen molar-refractivity contribution in [2.45, 2.75) is 20.3 Å². The number of hydrogen-bond donors (Lipinski definition) is 0. The SMILES string of the molecule is CC/C=C/C(=O)c1cc(C)nn1C. The molecule has 0 aromatic carbocycles. The highest BCUT2D eigenvalue weighted by atomic mass is 16.1. The maximum absolute atomic E-state index is 11.5. The Labute approximate surface area is 78.1 Å². The minimum absolute atomic E-state index is 0.0185. The number of hydrogen-bond acceptors (Lipinski definition) is 2. The van der Waals surface area contributed by atoms with Crippen molar-refractivity contribution >= 4 is 5.78 Å². The number of allylic oxidation sites excluding steroid dienone is 2. The molecule has 0 atom stereocenters. The van der Waals surface area contributed by atoms with Crippen LogP contribution >= 0.6 is 0 Å². The van der Waals surface area contributed by atoms with Crippen LogP contribution in [0.3, 0.4) is 0 Å². The molecule has 0 fully saturated rings. The van der Waals surface area contributed by atoms with Crippen LogP contribution in [0.5, 0.6) is 0 Å². The summed E-state index contributed by atoms with van der Waals surface area (Å²) >= 11 is 0. The van der Waals surface area contributed by atoms with Gasteiger partial charge in [-0.25, -0.2) is 0 Å². The Hall–Kier alpha value is -1.38. The van der Waals surface area contributed by atoms with Gasteiger partial charge in [0.25, 0.3) is 0 Å². The van der Waals surface area contributed by atoms with Crippen LogP contribution in [0.1, 0.15) is 29.5 Å². The molecule has 0 saturated carbocycles. The van der Waals surface area contributed by atoms with E-state index in [-0.39, 0.29) is 5.78 Å². The summed E-state index contributed by atoms with van der Waals surface area (Å²) in [6, 6.07) is 1.79. The summed E-state index contributed by atoms with van der Waals surface area (Å²) in [5.41, 5.74) is 1.51. The largest absolute Gasteiger partial charge is 0.288 e. The first-order chi connectivity index (χ1) is 6.15. The van der Waals surface area contributed by atoms with Gasteiger partial charge in [-0.3, -0.25) is 9.48 Å². The molecule has 1 aromatic rings. The molecule has 0 aliphatic carbocycles. The molecule has 0 N–H and O–H groups in total. The van der Waals surface area contributed by atoms with Crippen LogP contribution in [0, 0.1) is 6.92 Å². The van der Waals surface area contributed by atoms with E-state index in [9.17, 15) is 4.79 Å². The van der Waals surface area contributed by atoms with E-state index in [0.29, 0.717) is 5.69 Å². The van der Waals surface area contributed by atoms with Crippen molar-refractivity contribution < 1.29 is 4.79 Å². The second kappa shape index (κ2) is 4.03. The third-order valence-corrected chi connectivity index (χ3v) is 1.76. The molecule has 0 unspecified atom stereocenters. The van der Waals surface area contributed by atoms with Gasteiger partial charge in [0.1, 0.15) is 5.69 Å². The van der Waals surface area contributed by atoms with E-state index in [1.54, 1.807) is 23.9 Å². The van der Waals surface area contributed by atoms with Crippen LogP contribution in [0.2, 0.25) is 0 Å². The molecule has 3 heteroatoms. The first-order valence-electron chi connectivity index (χ1n) is 4.36. The molecule has 0 saturated heterocycles. The third-order valence-electron chi connectivity index (χ3n) is 1.76. The topological polar surface area (TPSA) is 34.9 Å². The maximum Gasteiger partial charge on any atom is 0.203 e. The first kappa shape index (κ1) is 9.71. The molecule has 70 valence electrons. The van der Waals surface area contributed by atoms with Gasteiger partial charge >= 0.3 is 0 Å². The zero-order valence-corrected chi connectivity index (χ0v) is 8.24. The van der Waals surface area contributed by atoms with Crippen molar-refractivity contribution in [1.29, 1.82) is 0 Å². The molecule has 0 radical (unpaired) electrons. The van der Waals surface area contributed by atoms with Gasteiger partial charge in [-0.1, -0.05) is 13.0 Å². The van der Waals surface area contributed by atoms with Gasteiger partial charge in [-0.15, -0.1) is 0 Å². The molecular formula is C10H14N2O. The number of rotatable bonds is 3. The van der Waals surface area contributed by atoms with E-state index < -0.39 is 0 Å². The monoisotopic (exact) mass is 178 g/mol. The van der Waals surface area contributed by atoms with Crippen LogP contribution in [-0.4, -0.2) is 15.6 Å². The minimum atomic E-state index is 0.0185. The predicted octanol–water partition coefficient (Wildman–Crippen LogP) is 1.88. The quantitative estimate of drug-likeness (QED) is 0.523. The molecule has 0 spiro atoms. The van der Waals surface area contributed by atoms with Gasteiger partial charge in [0.2, 0.25) is 5.78 Å². The number of carbonyl (C=O) groups excluding carboxylic acids is 1. The van der Waals surface area contributed by atoms with Crippen molar-refractivity contribution in [3.8, 4) is 0 Å². The fourth-order valence-electron chi connectivity index (χ4n) is 1.15. The lowest BCUT2D eigenvalue weighted by atomic mass is 10.2. The Morgan fingerprint density at radius 3 is 2.85 bits per heavy atom. The zero-order valence-electron chi connectivity index (χ0n) is 8.24. The van der Waals surface area contributed by atoms with Gasteiger partial charge in [0.15, 0.2) is 0 Å². The summed E-state index contributed by atoms with van der Waals surface area (Å²) in [5.74, 6) is 0.0185. The Bertz CT molecular complexity index is 337. The third kappa shape index (κ3) is 2.28. The molecule has 1 aromatic heterocycles. The fourth-order valence-corrected chi connectivity index (χ4v) is 1.15. The van der Waals surface area contributed by atoms with Crippen molar-refractivity contribution in [2.75, 3.05) is 0 Å². The second-order valence-electron chi connectivity index (χ2n) is 2.97. The number of ketones is 1. The molecule has 1 heterocycles. The van der Waals surface area contributed by atoms with Gasteiger partial charge < -0.3 is 0 Å². The highest BCUT2D eigenvalue weighted by molar-refractivity contribution is 6.03. The molecule has 13 heavy (non-hydrogen) atoms. The predicted molar refractivity (Wildman–Crippen MR) is 51.7 cm³/mol. The molecular weight excluding hydrogens is 164 g/mol.